The van der Waals surface area contributed by atoms with Crippen molar-refractivity contribution in [2.24, 2.45) is 0 Å². The molecule has 0 atom stereocenters. The van der Waals surface area contributed by atoms with Crippen LogP contribution in [0.15, 0.2) is 0 Å². The highest BCUT2D eigenvalue weighted by atomic mass is 28.3. The number of hydrogen-bond acceptors (Lipinski definition) is 2. The SMILES string of the molecule is CCCCCC.CO[SiH](C)OC. The quantitative estimate of drug-likeness (QED) is 0.492. The van der Waals surface area contributed by atoms with E-state index in [0.29, 0.717) is 0 Å². The maximum atomic E-state index is 4.82. The minimum absolute atomic E-state index is 1.16. The van der Waals surface area contributed by atoms with Gasteiger partial charge in [-0.3, -0.25) is 0 Å². The van der Waals surface area contributed by atoms with Crippen LogP contribution in [0.3, 0.4) is 0 Å². The first kappa shape index (κ1) is 14.6. The molecule has 0 rings (SSSR count). The van der Waals surface area contributed by atoms with Gasteiger partial charge in [0.1, 0.15) is 0 Å². The normalized spacial score (nSPS) is 9.50. The van der Waals surface area contributed by atoms with Gasteiger partial charge in [-0.25, -0.2) is 0 Å². The molecule has 0 unspecified atom stereocenters. The molecule has 0 N–H and O–H groups in total. The molecule has 12 heavy (non-hydrogen) atoms. The second-order valence-electron chi connectivity index (χ2n) is 2.75. The van der Waals surface area contributed by atoms with Crippen LogP contribution in [-0.2, 0) is 8.85 Å². The summed E-state index contributed by atoms with van der Waals surface area (Å²) in [6.07, 6.45) is 5.54. The lowest BCUT2D eigenvalue weighted by Gasteiger charge is -2.00. The van der Waals surface area contributed by atoms with Crippen molar-refractivity contribution in [1.82, 2.24) is 0 Å². The Balaban J connectivity index is 0. The lowest BCUT2D eigenvalue weighted by Crippen LogP contribution is -2.12. The van der Waals surface area contributed by atoms with Crippen molar-refractivity contribution in [1.29, 1.82) is 0 Å². The van der Waals surface area contributed by atoms with Gasteiger partial charge in [-0.15, -0.1) is 0 Å². The van der Waals surface area contributed by atoms with E-state index in [0.717, 1.165) is 0 Å². The standard InChI is InChI=1S/C6H14.C3H10O2Si/c1-3-5-6-4-2;1-4-6(3)5-2/h3-6H2,1-2H3;6H,1-3H3. The molecule has 0 spiro atoms. The summed E-state index contributed by atoms with van der Waals surface area (Å²) >= 11 is 0. The van der Waals surface area contributed by atoms with Gasteiger partial charge in [0.05, 0.1) is 0 Å². The van der Waals surface area contributed by atoms with Gasteiger partial charge in [0.2, 0.25) is 0 Å². The molecule has 0 aliphatic carbocycles. The maximum Gasteiger partial charge on any atom is 0.317 e. The highest BCUT2D eigenvalue weighted by molar-refractivity contribution is 6.42. The van der Waals surface area contributed by atoms with Crippen LogP contribution in [0.25, 0.3) is 0 Å². The zero-order valence-electron chi connectivity index (χ0n) is 9.22. The average molecular weight is 192 g/mol. The Kier molecular flexibility index (Phi) is 16.7. The van der Waals surface area contributed by atoms with Crippen LogP contribution in [0.2, 0.25) is 6.55 Å². The lowest BCUT2D eigenvalue weighted by molar-refractivity contribution is 0.285. The minimum Gasteiger partial charge on any atom is -0.400 e. The molecule has 0 amide bonds. The molecule has 0 heterocycles. The van der Waals surface area contributed by atoms with Gasteiger partial charge in [0.25, 0.3) is 0 Å². The molecule has 0 radical (unpaired) electrons. The van der Waals surface area contributed by atoms with Crippen molar-refractivity contribution in [2.75, 3.05) is 14.2 Å². The van der Waals surface area contributed by atoms with Crippen LogP contribution in [0, 0.1) is 0 Å². The topological polar surface area (TPSA) is 18.5 Å². The Bertz CT molecular complexity index is 61.5. The van der Waals surface area contributed by atoms with E-state index in [1.165, 1.54) is 25.7 Å². The Labute approximate surface area is 79.1 Å². The smallest absolute Gasteiger partial charge is 0.317 e. The second-order valence-corrected chi connectivity index (χ2v) is 4.82. The molecule has 0 aliphatic rings. The molecule has 0 bridgehead atoms. The highest BCUT2D eigenvalue weighted by Gasteiger charge is 1.94. The van der Waals surface area contributed by atoms with Gasteiger partial charge in [-0.1, -0.05) is 39.5 Å². The fourth-order valence-corrected chi connectivity index (χ4v) is 0.789. The van der Waals surface area contributed by atoms with Crippen LogP contribution >= 0.6 is 0 Å². The number of unbranched alkanes of at least 4 members (excludes halogenated alkanes) is 3. The van der Waals surface area contributed by atoms with Crippen molar-refractivity contribution in [3.05, 3.63) is 0 Å². The Morgan fingerprint density at radius 1 is 0.917 bits per heavy atom. The average Bonchev–Trinajstić information content (AvgIpc) is 2.14. The third kappa shape index (κ3) is 16.6. The van der Waals surface area contributed by atoms with Gasteiger partial charge in [-0.05, 0) is 6.55 Å². The Morgan fingerprint density at radius 2 is 1.25 bits per heavy atom. The van der Waals surface area contributed by atoms with Gasteiger partial charge in [0, 0.05) is 14.2 Å². The number of rotatable bonds is 5. The fourth-order valence-electron chi connectivity index (χ4n) is 0.596. The second kappa shape index (κ2) is 13.7. The molecule has 3 heteroatoms. The zero-order chi connectivity index (χ0) is 9.82. The third-order valence-electron chi connectivity index (χ3n) is 1.62. The summed E-state index contributed by atoms with van der Waals surface area (Å²) in [5.74, 6) is 0. The largest absolute Gasteiger partial charge is 0.400 e. The Morgan fingerprint density at radius 3 is 1.33 bits per heavy atom. The predicted octanol–water partition coefficient (Wildman–Crippen LogP) is 2.72. The molecule has 0 saturated heterocycles. The summed E-state index contributed by atoms with van der Waals surface area (Å²) in [5, 5.41) is 0. The van der Waals surface area contributed by atoms with Crippen molar-refractivity contribution < 1.29 is 8.85 Å². The highest BCUT2D eigenvalue weighted by Crippen LogP contribution is 1.95. The van der Waals surface area contributed by atoms with Gasteiger partial charge in [-0.2, -0.15) is 0 Å². The van der Waals surface area contributed by atoms with E-state index in [-0.39, 0.29) is 0 Å². The summed E-state index contributed by atoms with van der Waals surface area (Å²) < 4.78 is 9.63. The summed E-state index contributed by atoms with van der Waals surface area (Å²) in [5.41, 5.74) is 0. The third-order valence-corrected chi connectivity index (χ3v) is 2.95. The van der Waals surface area contributed by atoms with Crippen LogP contribution in [-0.4, -0.2) is 23.5 Å². The van der Waals surface area contributed by atoms with Crippen LogP contribution < -0.4 is 0 Å². The molecule has 0 aromatic heterocycles. The van der Waals surface area contributed by atoms with Gasteiger partial charge < -0.3 is 8.85 Å². The zero-order valence-corrected chi connectivity index (χ0v) is 10.4. The van der Waals surface area contributed by atoms with E-state index < -0.39 is 9.28 Å². The van der Waals surface area contributed by atoms with E-state index >= 15 is 0 Å². The monoisotopic (exact) mass is 192 g/mol. The summed E-state index contributed by atoms with van der Waals surface area (Å²) in [6.45, 7) is 6.44. The Hall–Kier alpha value is 0.137. The van der Waals surface area contributed by atoms with Crippen molar-refractivity contribution >= 4 is 9.28 Å². The van der Waals surface area contributed by atoms with Crippen LogP contribution in [0.4, 0.5) is 0 Å². The van der Waals surface area contributed by atoms with Crippen molar-refractivity contribution in [2.45, 2.75) is 46.1 Å². The van der Waals surface area contributed by atoms with E-state index in [1.54, 1.807) is 14.2 Å². The summed E-state index contributed by atoms with van der Waals surface area (Å²) in [4.78, 5) is 0. The molecule has 0 aliphatic heterocycles. The first-order chi connectivity index (χ1) is 5.72. The van der Waals surface area contributed by atoms with Crippen LogP contribution in [0.1, 0.15) is 39.5 Å². The first-order valence-electron chi connectivity index (χ1n) is 4.78. The molecule has 2 nitrogen and oxygen atoms in total. The molecule has 0 aromatic carbocycles. The molecule has 76 valence electrons. The van der Waals surface area contributed by atoms with E-state index in [1.807, 2.05) is 6.55 Å². The summed E-state index contributed by atoms with van der Waals surface area (Å²) in [7, 11) is 2.17. The molecule has 0 fully saturated rings. The van der Waals surface area contributed by atoms with Crippen molar-refractivity contribution in [3.63, 3.8) is 0 Å². The van der Waals surface area contributed by atoms with Crippen molar-refractivity contribution in [3.8, 4) is 0 Å². The first-order valence-corrected chi connectivity index (χ1v) is 6.88. The molecular weight excluding hydrogens is 168 g/mol. The predicted molar refractivity (Wildman–Crippen MR) is 56.8 cm³/mol. The lowest BCUT2D eigenvalue weighted by atomic mass is 10.2. The minimum atomic E-state index is -1.16. The molecule has 0 aromatic rings. The van der Waals surface area contributed by atoms with Crippen LogP contribution in [0.5, 0.6) is 0 Å². The maximum absolute atomic E-state index is 4.82. The van der Waals surface area contributed by atoms with E-state index in [9.17, 15) is 0 Å². The van der Waals surface area contributed by atoms with Gasteiger partial charge >= 0.3 is 9.28 Å². The number of hydrogen-bond donors (Lipinski definition) is 0. The fraction of sp³-hybridized carbons (Fsp3) is 1.00. The van der Waals surface area contributed by atoms with E-state index in [2.05, 4.69) is 13.8 Å². The van der Waals surface area contributed by atoms with E-state index in [4.69, 9.17) is 8.85 Å². The molecule has 0 saturated carbocycles. The summed E-state index contributed by atoms with van der Waals surface area (Å²) in [6, 6.07) is 0. The van der Waals surface area contributed by atoms with Gasteiger partial charge in [0.15, 0.2) is 0 Å². The molecular formula is C9H24O2Si.